The van der Waals surface area contributed by atoms with Crippen molar-refractivity contribution >= 4 is 17.7 Å². The summed E-state index contributed by atoms with van der Waals surface area (Å²) in [6, 6.07) is 0. The van der Waals surface area contributed by atoms with Crippen molar-refractivity contribution in [3.05, 3.63) is 5.82 Å². The molecule has 1 aromatic heterocycles. The molecular weight excluding hydrogens is 272 g/mol. The number of nitrogens with zero attached hydrogens (tertiary/aromatic N) is 2. The highest BCUT2D eigenvalue weighted by atomic mass is 32.2. The number of nitrogens with one attached hydrogen (secondary N) is 2. The van der Waals surface area contributed by atoms with Gasteiger partial charge in [0.2, 0.25) is 11.1 Å². The average Bonchev–Trinajstić information content (AvgIpc) is 3.06. The van der Waals surface area contributed by atoms with Crippen LogP contribution in [0.3, 0.4) is 0 Å². The van der Waals surface area contributed by atoms with Gasteiger partial charge >= 0.3 is 0 Å². The largest absolute Gasteiger partial charge is 0.351 e. The van der Waals surface area contributed by atoms with Gasteiger partial charge in [-0.25, -0.2) is 4.98 Å². The lowest BCUT2D eigenvalue weighted by atomic mass is 10.0. The molecule has 0 aromatic carbocycles. The van der Waals surface area contributed by atoms with Crippen LogP contribution < -0.4 is 5.32 Å². The number of H-pyrrole nitrogens is 1. The van der Waals surface area contributed by atoms with Gasteiger partial charge in [-0.1, -0.05) is 31.5 Å². The third-order valence-electron chi connectivity index (χ3n) is 3.92. The van der Waals surface area contributed by atoms with E-state index >= 15 is 0 Å². The Labute approximate surface area is 124 Å². The number of hydrogen-bond acceptors (Lipinski definition) is 4. The maximum atomic E-state index is 11.9. The molecule has 1 saturated carbocycles. The first-order valence-corrected chi connectivity index (χ1v) is 8.35. The van der Waals surface area contributed by atoms with Crippen LogP contribution in [0.15, 0.2) is 5.16 Å². The molecule has 1 amide bonds. The van der Waals surface area contributed by atoms with Gasteiger partial charge in [0.1, 0.15) is 5.82 Å². The van der Waals surface area contributed by atoms with Gasteiger partial charge in [-0.2, -0.15) is 0 Å². The minimum absolute atomic E-state index is 0.0362. The second kappa shape index (κ2) is 6.61. The molecule has 0 radical (unpaired) electrons. The smallest absolute Gasteiger partial charge is 0.230 e. The maximum Gasteiger partial charge on any atom is 0.230 e. The molecule has 0 aliphatic heterocycles. The molecule has 2 rings (SSSR count). The van der Waals surface area contributed by atoms with Crippen molar-refractivity contribution in [3.8, 4) is 0 Å². The zero-order valence-corrected chi connectivity index (χ0v) is 13.3. The van der Waals surface area contributed by atoms with Crippen LogP contribution in [0.5, 0.6) is 0 Å². The molecule has 1 aliphatic carbocycles. The highest BCUT2D eigenvalue weighted by Crippen LogP contribution is 2.32. The molecule has 1 aliphatic rings. The molecular formula is C14H24N4OS. The van der Waals surface area contributed by atoms with Gasteiger partial charge in [-0.05, 0) is 33.1 Å². The first kappa shape index (κ1) is 15.4. The number of thioether (sulfide) groups is 1. The van der Waals surface area contributed by atoms with Gasteiger partial charge in [-0.3, -0.25) is 9.89 Å². The Morgan fingerprint density at radius 3 is 2.80 bits per heavy atom. The van der Waals surface area contributed by atoms with E-state index in [2.05, 4.69) is 27.4 Å². The highest BCUT2D eigenvalue weighted by molar-refractivity contribution is 7.99. The quantitative estimate of drug-likeness (QED) is 0.792. The third-order valence-corrected chi connectivity index (χ3v) is 4.77. The van der Waals surface area contributed by atoms with Crippen LogP contribution in [0.25, 0.3) is 0 Å². The number of rotatable bonds is 6. The number of amides is 1. The fourth-order valence-electron chi connectivity index (χ4n) is 2.34. The molecule has 0 unspecified atom stereocenters. The lowest BCUT2D eigenvalue weighted by molar-refractivity contribution is -0.120. The average molecular weight is 296 g/mol. The van der Waals surface area contributed by atoms with Gasteiger partial charge in [0.05, 0.1) is 5.75 Å². The lowest BCUT2D eigenvalue weighted by Gasteiger charge is -2.24. The van der Waals surface area contributed by atoms with Gasteiger partial charge in [-0.15, -0.1) is 5.10 Å². The fourth-order valence-corrected chi connectivity index (χ4v) is 2.94. The van der Waals surface area contributed by atoms with E-state index in [1.54, 1.807) is 0 Å². The van der Waals surface area contributed by atoms with Crippen LogP contribution in [0.4, 0.5) is 0 Å². The summed E-state index contributed by atoms with van der Waals surface area (Å²) in [6.07, 6.45) is 5.87. The maximum absolute atomic E-state index is 11.9. The zero-order chi connectivity index (χ0) is 14.6. The Morgan fingerprint density at radius 2 is 2.15 bits per heavy atom. The van der Waals surface area contributed by atoms with Crippen LogP contribution in [-0.4, -0.2) is 32.4 Å². The molecule has 5 nitrogen and oxygen atoms in total. The summed E-state index contributed by atoms with van der Waals surface area (Å²) >= 11 is 1.39. The van der Waals surface area contributed by atoms with E-state index in [1.807, 2.05) is 13.8 Å². The normalized spacial score (nSPS) is 16.6. The summed E-state index contributed by atoms with van der Waals surface area (Å²) in [6.45, 7) is 6.12. The molecule has 20 heavy (non-hydrogen) atoms. The molecule has 1 fully saturated rings. The SMILES string of the molecule is CCC(C)(C)NC(=O)CSc1n[nH]c(C2CCCC2)n1. The molecule has 0 atom stereocenters. The molecule has 6 heteroatoms. The standard InChI is InChI=1S/C14H24N4OS/c1-4-14(2,3)16-11(19)9-20-13-15-12(17-18-13)10-7-5-6-8-10/h10H,4-9H2,1-3H3,(H,16,19)(H,15,17,18). The molecule has 2 N–H and O–H groups in total. The fraction of sp³-hybridized carbons (Fsp3) is 0.786. The second-order valence-corrected chi connectivity index (χ2v) is 7.00. The van der Waals surface area contributed by atoms with E-state index in [-0.39, 0.29) is 11.4 Å². The van der Waals surface area contributed by atoms with E-state index in [0.29, 0.717) is 16.8 Å². The number of aromatic nitrogens is 3. The minimum atomic E-state index is -0.147. The molecule has 1 aromatic rings. The van der Waals surface area contributed by atoms with Gasteiger partial charge in [0.15, 0.2) is 0 Å². The van der Waals surface area contributed by atoms with Crippen LogP contribution in [0.1, 0.15) is 64.6 Å². The zero-order valence-electron chi connectivity index (χ0n) is 12.5. The van der Waals surface area contributed by atoms with Gasteiger partial charge < -0.3 is 5.32 Å². The Morgan fingerprint density at radius 1 is 1.45 bits per heavy atom. The predicted molar refractivity (Wildman–Crippen MR) is 80.8 cm³/mol. The molecule has 0 saturated heterocycles. The van der Waals surface area contributed by atoms with Crippen LogP contribution in [0, 0.1) is 0 Å². The van der Waals surface area contributed by atoms with Crippen molar-refractivity contribution in [1.82, 2.24) is 20.5 Å². The predicted octanol–water partition coefficient (Wildman–Crippen LogP) is 2.86. The van der Waals surface area contributed by atoms with E-state index in [4.69, 9.17) is 0 Å². The number of aromatic amines is 1. The first-order chi connectivity index (χ1) is 9.50. The summed E-state index contributed by atoms with van der Waals surface area (Å²) in [5, 5.41) is 10.9. The Hall–Kier alpha value is -1.04. The molecule has 1 heterocycles. The minimum Gasteiger partial charge on any atom is -0.351 e. The van der Waals surface area contributed by atoms with Crippen molar-refractivity contribution in [1.29, 1.82) is 0 Å². The molecule has 0 spiro atoms. The first-order valence-electron chi connectivity index (χ1n) is 7.36. The topological polar surface area (TPSA) is 70.7 Å². The third kappa shape index (κ3) is 4.23. The van der Waals surface area contributed by atoms with Crippen LogP contribution >= 0.6 is 11.8 Å². The lowest BCUT2D eigenvalue weighted by Crippen LogP contribution is -2.43. The second-order valence-electron chi connectivity index (χ2n) is 6.06. The number of carbonyl (C=O) groups excluding carboxylic acids is 1. The Bertz CT molecular complexity index is 452. The van der Waals surface area contributed by atoms with Crippen molar-refractivity contribution in [2.75, 3.05) is 5.75 Å². The monoisotopic (exact) mass is 296 g/mol. The Balaban J connectivity index is 1.80. The van der Waals surface area contributed by atoms with E-state index in [1.165, 1.54) is 37.4 Å². The summed E-state index contributed by atoms with van der Waals surface area (Å²) in [7, 11) is 0. The van der Waals surface area contributed by atoms with Crippen molar-refractivity contribution in [3.63, 3.8) is 0 Å². The van der Waals surface area contributed by atoms with E-state index < -0.39 is 0 Å². The molecule has 112 valence electrons. The van der Waals surface area contributed by atoms with Crippen molar-refractivity contribution in [2.24, 2.45) is 0 Å². The van der Waals surface area contributed by atoms with Crippen molar-refractivity contribution < 1.29 is 4.79 Å². The summed E-state index contributed by atoms with van der Waals surface area (Å²) < 4.78 is 0. The summed E-state index contributed by atoms with van der Waals surface area (Å²) in [5.41, 5.74) is -0.147. The van der Waals surface area contributed by atoms with Gasteiger partial charge in [0.25, 0.3) is 0 Å². The van der Waals surface area contributed by atoms with Gasteiger partial charge in [0, 0.05) is 11.5 Å². The summed E-state index contributed by atoms with van der Waals surface area (Å²) in [5.74, 6) is 1.92. The van der Waals surface area contributed by atoms with Crippen LogP contribution in [-0.2, 0) is 4.79 Å². The number of carbonyl (C=O) groups is 1. The van der Waals surface area contributed by atoms with E-state index in [9.17, 15) is 4.79 Å². The van der Waals surface area contributed by atoms with E-state index in [0.717, 1.165) is 12.2 Å². The number of hydrogen-bond donors (Lipinski definition) is 2. The Kier molecular flexibility index (Phi) is 5.07. The van der Waals surface area contributed by atoms with Crippen molar-refractivity contribution in [2.45, 2.75) is 69.5 Å². The highest BCUT2D eigenvalue weighted by Gasteiger charge is 2.21. The molecule has 0 bridgehead atoms. The summed E-state index contributed by atoms with van der Waals surface area (Å²) in [4.78, 5) is 16.4. The van der Waals surface area contributed by atoms with Crippen LogP contribution in [0.2, 0.25) is 0 Å².